The summed E-state index contributed by atoms with van der Waals surface area (Å²) < 4.78 is 45.7. The van der Waals surface area contributed by atoms with Crippen molar-refractivity contribution in [3.05, 3.63) is 41.7 Å². The predicted octanol–water partition coefficient (Wildman–Crippen LogP) is 3.15. The number of nitrogens with zero attached hydrogens (tertiary/aromatic N) is 2. The first-order chi connectivity index (χ1) is 11.6. The zero-order valence-electron chi connectivity index (χ0n) is 14.8. The molecule has 8 heteroatoms. The molecular weight excluding hydrogens is 329 g/mol. The highest BCUT2D eigenvalue weighted by atomic mass is 19.1. The third-order valence-electron chi connectivity index (χ3n) is 4.53. The number of halogens is 2. The van der Waals surface area contributed by atoms with Gasteiger partial charge in [0, 0.05) is 23.4 Å². The highest BCUT2D eigenvalue weighted by Gasteiger charge is 2.52. The third-order valence-corrected chi connectivity index (χ3v) is 4.53. The second-order valence-electron chi connectivity index (χ2n) is 6.98. The SMILES string of the molecule is Cc1ccnc(Oc2cc(F)c(B3OC(C)(C)C(C)(C)O3)cc2F)n1. The molecule has 0 aliphatic carbocycles. The van der Waals surface area contributed by atoms with Gasteiger partial charge in [-0.3, -0.25) is 0 Å². The number of ether oxygens (including phenoxy) is 1. The number of benzene rings is 1. The molecular formula is C17H19BF2N2O3. The molecule has 1 aromatic heterocycles. The van der Waals surface area contributed by atoms with Crippen LogP contribution in [-0.4, -0.2) is 28.3 Å². The van der Waals surface area contributed by atoms with Gasteiger partial charge in [0.25, 0.3) is 0 Å². The molecule has 132 valence electrons. The standard InChI is InChI=1S/C17H19BF2N2O3/c1-10-6-7-21-15(22-10)23-14-9-12(19)11(8-13(14)20)18-24-16(2,3)17(4,5)25-18/h6-9H,1-5H3. The lowest BCUT2D eigenvalue weighted by Crippen LogP contribution is -2.41. The minimum absolute atomic E-state index is 0.0198. The predicted molar refractivity (Wildman–Crippen MR) is 88.9 cm³/mol. The Bertz CT molecular complexity index is 798. The molecule has 5 nitrogen and oxygen atoms in total. The Morgan fingerprint density at radius 3 is 2.28 bits per heavy atom. The molecule has 0 atom stereocenters. The molecule has 2 heterocycles. The van der Waals surface area contributed by atoms with Crippen LogP contribution in [0.4, 0.5) is 8.78 Å². The van der Waals surface area contributed by atoms with Gasteiger partial charge < -0.3 is 14.0 Å². The average Bonchev–Trinajstić information content (AvgIpc) is 2.71. The molecule has 0 unspecified atom stereocenters. The fourth-order valence-electron chi connectivity index (χ4n) is 2.35. The van der Waals surface area contributed by atoms with Crippen molar-refractivity contribution in [3.63, 3.8) is 0 Å². The van der Waals surface area contributed by atoms with Crippen LogP contribution in [0.5, 0.6) is 11.8 Å². The maximum atomic E-state index is 14.5. The van der Waals surface area contributed by atoms with E-state index in [4.69, 9.17) is 14.0 Å². The maximum Gasteiger partial charge on any atom is 0.497 e. The summed E-state index contributed by atoms with van der Waals surface area (Å²) in [6.45, 7) is 9.11. The van der Waals surface area contributed by atoms with Crippen LogP contribution in [0.2, 0.25) is 0 Å². The van der Waals surface area contributed by atoms with E-state index in [1.807, 2.05) is 27.7 Å². The number of rotatable bonds is 3. The summed E-state index contributed by atoms with van der Waals surface area (Å²) in [4.78, 5) is 7.88. The van der Waals surface area contributed by atoms with E-state index in [9.17, 15) is 8.78 Å². The monoisotopic (exact) mass is 348 g/mol. The van der Waals surface area contributed by atoms with Gasteiger partial charge in [0.2, 0.25) is 0 Å². The fraction of sp³-hybridized carbons (Fsp3) is 0.412. The van der Waals surface area contributed by atoms with E-state index in [-0.39, 0.29) is 17.2 Å². The van der Waals surface area contributed by atoms with E-state index >= 15 is 0 Å². The Balaban J connectivity index is 1.89. The second-order valence-corrected chi connectivity index (χ2v) is 6.98. The summed E-state index contributed by atoms with van der Waals surface area (Å²) in [5.74, 6) is -1.75. The van der Waals surface area contributed by atoms with Crippen molar-refractivity contribution >= 4 is 12.6 Å². The van der Waals surface area contributed by atoms with Gasteiger partial charge in [-0.05, 0) is 46.8 Å². The Hall–Kier alpha value is -2.06. The minimum Gasteiger partial charge on any atom is -0.421 e. The smallest absolute Gasteiger partial charge is 0.421 e. The lowest BCUT2D eigenvalue weighted by atomic mass is 9.78. The quantitative estimate of drug-likeness (QED) is 0.798. The van der Waals surface area contributed by atoms with Crippen molar-refractivity contribution < 1.29 is 22.8 Å². The van der Waals surface area contributed by atoms with Crippen LogP contribution in [-0.2, 0) is 9.31 Å². The minimum atomic E-state index is -0.997. The van der Waals surface area contributed by atoms with Gasteiger partial charge in [0.05, 0.1) is 11.2 Å². The molecule has 0 spiro atoms. The van der Waals surface area contributed by atoms with Gasteiger partial charge in [-0.15, -0.1) is 0 Å². The van der Waals surface area contributed by atoms with E-state index in [0.29, 0.717) is 5.69 Å². The van der Waals surface area contributed by atoms with Gasteiger partial charge in [0.15, 0.2) is 11.6 Å². The van der Waals surface area contributed by atoms with E-state index in [2.05, 4.69) is 9.97 Å². The van der Waals surface area contributed by atoms with Gasteiger partial charge >= 0.3 is 13.1 Å². The normalized spacial score (nSPS) is 18.4. The van der Waals surface area contributed by atoms with Crippen LogP contribution in [0, 0.1) is 18.6 Å². The number of aryl methyl sites for hydroxylation is 1. The molecule has 1 saturated heterocycles. The number of hydrogen-bond donors (Lipinski definition) is 0. The molecule has 0 radical (unpaired) electrons. The van der Waals surface area contributed by atoms with Crippen LogP contribution in [0.1, 0.15) is 33.4 Å². The summed E-state index contributed by atoms with van der Waals surface area (Å²) in [6.07, 6.45) is 1.48. The van der Waals surface area contributed by atoms with Gasteiger partial charge in [-0.25, -0.2) is 18.7 Å². The summed E-state index contributed by atoms with van der Waals surface area (Å²) in [5, 5.41) is 0. The molecule has 1 aliphatic heterocycles. The van der Waals surface area contributed by atoms with Crippen molar-refractivity contribution in [3.8, 4) is 11.8 Å². The molecule has 3 rings (SSSR count). The van der Waals surface area contributed by atoms with Crippen LogP contribution < -0.4 is 10.2 Å². The van der Waals surface area contributed by atoms with Crippen molar-refractivity contribution in [2.45, 2.75) is 45.8 Å². The van der Waals surface area contributed by atoms with E-state index < -0.39 is 30.0 Å². The number of hydrogen-bond acceptors (Lipinski definition) is 5. The maximum absolute atomic E-state index is 14.5. The zero-order valence-corrected chi connectivity index (χ0v) is 14.8. The third kappa shape index (κ3) is 3.36. The highest BCUT2D eigenvalue weighted by molar-refractivity contribution is 6.62. The largest absolute Gasteiger partial charge is 0.497 e. The molecule has 1 aliphatic rings. The molecule has 2 aromatic rings. The molecule has 1 aromatic carbocycles. The van der Waals surface area contributed by atoms with E-state index in [1.54, 1.807) is 13.0 Å². The van der Waals surface area contributed by atoms with Crippen LogP contribution >= 0.6 is 0 Å². The average molecular weight is 348 g/mol. The van der Waals surface area contributed by atoms with Crippen LogP contribution in [0.15, 0.2) is 24.4 Å². The summed E-state index contributed by atoms with van der Waals surface area (Å²) >= 11 is 0. The van der Waals surface area contributed by atoms with Gasteiger partial charge in [-0.2, -0.15) is 0 Å². The lowest BCUT2D eigenvalue weighted by Gasteiger charge is -2.32. The first kappa shape index (κ1) is 17.8. The molecule has 0 N–H and O–H groups in total. The summed E-state index contributed by atoms with van der Waals surface area (Å²) in [5.41, 5.74) is -0.663. The molecule has 25 heavy (non-hydrogen) atoms. The summed E-state index contributed by atoms with van der Waals surface area (Å²) in [6, 6.07) is 3.58. The number of aromatic nitrogens is 2. The van der Waals surface area contributed by atoms with Gasteiger partial charge in [0.1, 0.15) is 5.82 Å². The fourth-order valence-corrected chi connectivity index (χ4v) is 2.35. The van der Waals surface area contributed by atoms with Crippen molar-refractivity contribution in [1.29, 1.82) is 0 Å². The summed E-state index contributed by atoms with van der Waals surface area (Å²) in [7, 11) is -0.997. The Kier molecular flexibility index (Phi) is 4.29. The van der Waals surface area contributed by atoms with Crippen molar-refractivity contribution in [2.75, 3.05) is 0 Å². The lowest BCUT2D eigenvalue weighted by molar-refractivity contribution is 0.00578. The van der Waals surface area contributed by atoms with Crippen LogP contribution in [0.25, 0.3) is 0 Å². The molecule has 0 saturated carbocycles. The molecule has 0 bridgehead atoms. The topological polar surface area (TPSA) is 53.5 Å². The first-order valence-corrected chi connectivity index (χ1v) is 7.91. The Morgan fingerprint density at radius 2 is 1.68 bits per heavy atom. The Morgan fingerprint density at radius 1 is 1.04 bits per heavy atom. The van der Waals surface area contributed by atoms with Crippen LogP contribution in [0.3, 0.4) is 0 Å². The molecule has 0 amide bonds. The highest BCUT2D eigenvalue weighted by Crippen LogP contribution is 2.37. The molecule has 1 fully saturated rings. The van der Waals surface area contributed by atoms with E-state index in [1.165, 1.54) is 6.20 Å². The van der Waals surface area contributed by atoms with Crippen molar-refractivity contribution in [1.82, 2.24) is 9.97 Å². The van der Waals surface area contributed by atoms with E-state index in [0.717, 1.165) is 12.1 Å². The van der Waals surface area contributed by atoms with Gasteiger partial charge in [-0.1, -0.05) is 0 Å². The van der Waals surface area contributed by atoms with Crippen molar-refractivity contribution in [2.24, 2.45) is 0 Å². The first-order valence-electron chi connectivity index (χ1n) is 7.91. The zero-order chi connectivity index (χ0) is 18.4. The second kappa shape index (κ2) is 6.03. The Labute approximate surface area is 145 Å².